The highest BCUT2D eigenvalue weighted by Gasteiger charge is 2.37. The number of amides is 1. The van der Waals surface area contributed by atoms with Crippen LogP contribution in [0.2, 0.25) is 5.02 Å². The van der Waals surface area contributed by atoms with Crippen molar-refractivity contribution in [2.24, 2.45) is 0 Å². The van der Waals surface area contributed by atoms with Crippen LogP contribution in [0, 0.1) is 11.3 Å². The Labute approximate surface area is 260 Å². The third kappa shape index (κ3) is 5.83. The van der Waals surface area contributed by atoms with Gasteiger partial charge >= 0.3 is 6.01 Å². The molecule has 10 nitrogen and oxygen atoms in total. The van der Waals surface area contributed by atoms with Crippen LogP contribution in [0.1, 0.15) is 29.3 Å². The molecule has 2 aromatic carbocycles. The monoisotopic (exact) mass is 620 g/mol. The number of rotatable bonds is 7. The van der Waals surface area contributed by atoms with Gasteiger partial charge in [-0.15, -0.1) is 0 Å². The maximum absolute atomic E-state index is 13.8. The van der Waals surface area contributed by atoms with E-state index in [1.165, 1.54) is 4.90 Å². The Morgan fingerprint density at radius 1 is 1.18 bits per heavy atom. The molecule has 1 amide bonds. The van der Waals surface area contributed by atoms with E-state index in [2.05, 4.69) is 17.5 Å². The fourth-order valence-electron chi connectivity index (χ4n) is 6.49. The largest absolute Gasteiger partial charge is 0.456 e. The molecule has 4 heterocycles. The molecule has 4 atom stereocenters. The molecule has 3 aliphatic rings. The molecule has 44 heavy (non-hydrogen) atoms. The maximum atomic E-state index is 13.8. The zero-order valence-corrected chi connectivity index (χ0v) is 25.5. The highest BCUT2D eigenvalue weighted by atomic mass is 35.5. The van der Waals surface area contributed by atoms with Crippen LogP contribution < -0.4 is 9.64 Å². The minimum Gasteiger partial charge on any atom is -0.456 e. The number of nitriles is 1. The SMILES string of the molecule is C=C(F)C(=O)N1CCN(c2nc(O[C@@H]3CN(C)CC3OC)nc3c2COC(c2cccc4cccc(Cl)c24)C3)C[C@@H]1CC#N. The standard InChI is InChI=1S/C32H34ClFN6O4/c1-19(34)31(41)40-13-12-39(15-21(40)10-11-35)30-23-18-43-26(22-8-4-6-20-7-5-9-24(33)29(20)22)14-25(23)36-32(37-30)44-28-17-38(2)16-27(28)42-3/h4-9,21,26-28H,1,10,12-18H2,2-3H3/t21-,26?,27?,28+/m0/s1. The lowest BCUT2D eigenvalue weighted by Crippen LogP contribution is -2.55. The van der Waals surface area contributed by atoms with E-state index in [-0.39, 0.29) is 50.4 Å². The number of fused-ring (bicyclic) bond motifs is 2. The van der Waals surface area contributed by atoms with Crippen LogP contribution in [-0.4, -0.2) is 90.8 Å². The summed E-state index contributed by atoms with van der Waals surface area (Å²) in [6, 6.07) is 13.7. The molecule has 2 saturated heterocycles. The van der Waals surface area contributed by atoms with Crippen molar-refractivity contribution in [1.82, 2.24) is 19.8 Å². The first-order valence-electron chi connectivity index (χ1n) is 14.6. The van der Waals surface area contributed by atoms with Crippen molar-refractivity contribution in [2.45, 2.75) is 43.8 Å². The van der Waals surface area contributed by atoms with Crippen molar-refractivity contribution in [3.8, 4) is 12.1 Å². The zero-order valence-electron chi connectivity index (χ0n) is 24.7. The van der Waals surface area contributed by atoms with Crippen LogP contribution in [-0.2, 0) is 27.3 Å². The molecule has 0 N–H and O–H groups in total. The molecule has 3 aliphatic heterocycles. The molecule has 0 bridgehead atoms. The second kappa shape index (κ2) is 12.7. The lowest BCUT2D eigenvalue weighted by molar-refractivity contribution is -0.131. The van der Waals surface area contributed by atoms with Crippen molar-refractivity contribution >= 4 is 34.1 Å². The summed E-state index contributed by atoms with van der Waals surface area (Å²) in [5.41, 5.74) is 2.58. The molecule has 3 aromatic rings. The number of methoxy groups -OCH3 is 1. The Kier molecular flexibility index (Phi) is 8.69. The maximum Gasteiger partial charge on any atom is 0.319 e. The van der Waals surface area contributed by atoms with Crippen molar-refractivity contribution in [2.75, 3.05) is 51.8 Å². The molecule has 0 radical (unpaired) electrons. The van der Waals surface area contributed by atoms with E-state index < -0.39 is 17.8 Å². The number of nitrogens with zero attached hydrogens (tertiary/aromatic N) is 6. The second-order valence-corrected chi connectivity index (χ2v) is 11.9. The topological polar surface area (TPSA) is 104 Å². The van der Waals surface area contributed by atoms with Gasteiger partial charge in [0.05, 0.1) is 36.9 Å². The van der Waals surface area contributed by atoms with Gasteiger partial charge in [-0.1, -0.05) is 48.5 Å². The lowest BCUT2D eigenvalue weighted by atomic mass is 9.94. The molecule has 6 rings (SSSR count). The van der Waals surface area contributed by atoms with Gasteiger partial charge < -0.3 is 24.0 Å². The summed E-state index contributed by atoms with van der Waals surface area (Å²) in [6.07, 6.45) is -0.204. The smallest absolute Gasteiger partial charge is 0.319 e. The zero-order chi connectivity index (χ0) is 31.0. The molecule has 2 unspecified atom stereocenters. The third-order valence-electron chi connectivity index (χ3n) is 8.65. The number of halogens is 2. The highest BCUT2D eigenvalue weighted by molar-refractivity contribution is 6.35. The summed E-state index contributed by atoms with van der Waals surface area (Å²) >= 11 is 6.66. The Morgan fingerprint density at radius 3 is 2.70 bits per heavy atom. The number of anilines is 1. The third-order valence-corrected chi connectivity index (χ3v) is 8.97. The normalized spacial score (nSPS) is 23.8. The van der Waals surface area contributed by atoms with Gasteiger partial charge in [0.15, 0.2) is 5.83 Å². The molecular weight excluding hydrogens is 587 g/mol. The summed E-state index contributed by atoms with van der Waals surface area (Å²) in [7, 11) is 3.67. The summed E-state index contributed by atoms with van der Waals surface area (Å²) in [5, 5.41) is 12.1. The van der Waals surface area contributed by atoms with Crippen LogP contribution >= 0.6 is 11.6 Å². The fourth-order valence-corrected chi connectivity index (χ4v) is 6.78. The van der Waals surface area contributed by atoms with E-state index in [4.69, 9.17) is 35.8 Å². The van der Waals surface area contributed by atoms with Crippen LogP contribution in [0.4, 0.5) is 10.2 Å². The van der Waals surface area contributed by atoms with Gasteiger partial charge in [-0.05, 0) is 24.1 Å². The van der Waals surface area contributed by atoms with Crippen LogP contribution in [0.3, 0.4) is 0 Å². The van der Waals surface area contributed by atoms with Gasteiger partial charge in [0.2, 0.25) is 0 Å². The quantitative estimate of drug-likeness (QED) is 0.359. The predicted octanol–water partition coefficient (Wildman–Crippen LogP) is 4.22. The summed E-state index contributed by atoms with van der Waals surface area (Å²) in [4.78, 5) is 27.8. The van der Waals surface area contributed by atoms with Crippen LogP contribution in [0.15, 0.2) is 48.8 Å². The molecule has 2 fully saturated rings. The Bertz CT molecular complexity index is 1630. The Balaban J connectivity index is 1.37. The van der Waals surface area contributed by atoms with E-state index in [1.54, 1.807) is 7.11 Å². The van der Waals surface area contributed by atoms with Crippen LogP contribution in [0.5, 0.6) is 6.01 Å². The Hall–Kier alpha value is -3.82. The van der Waals surface area contributed by atoms with Crippen molar-refractivity contribution < 1.29 is 23.4 Å². The number of hydrogen-bond acceptors (Lipinski definition) is 9. The number of benzene rings is 2. The number of ether oxygens (including phenoxy) is 3. The van der Waals surface area contributed by atoms with Crippen molar-refractivity contribution in [3.05, 3.63) is 70.6 Å². The molecule has 0 aliphatic carbocycles. The first kappa shape index (κ1) is 30.2. The van der Waals surface area contributed by atoms with E-state index in [9.17, 15) is 14.4 Å². The highest BCUT2D eigenvalue weighted by Crippen LogP contribution is 2.40. The molecule has 0 saturated carbocycles. The van der Waals surface area contributed by atoms with Gasteiger partial charge in [-0.25, -0.2) is 4.39 Å². The Morgan fingerprint density at radius 2 is 1.95 bits per heavy atom. The number of hydrogen-bond donors (Lipinski definition) is 0. The minimum absolute atomic E-state index is 0.0382. The van der Waals surface area contributed by atoms with E-state index >= 15 is 0 Å². The van der Waals surface area contributed by atoms with Gasteiger partial charge in [0, 0.05) is 62.2 Å². The number of piperazine rings is 1. The molecule has 12 heteroatoms. The molecule has 0 spiro atoms. The van der Waals surface area contributed by atoms with Crippen LogP contribution in [0.25, 0.3) is 10.8 Å². The second-order valence-electron chi connectivity index (χ2n) is 11.5. The molecule has 230 valence electrons. The first-order valence-corrected chi connectivity index (χ1v) is 15.0. The van der Waals surface area contributed by atoms with E-state index in [0.717, 1.165) is 34.1 Å². The van der Waals surface area contributed by atoms with Gasteiger partial charge in [0.25, 0.3) is 5.91 Å². The minimum atomic E-state index is -1.04. The average Bonchev–Trinajstić information content (AvgIpc) is 3.38. The fraction of sp³-hybridized carbons (Fsp3) is 0.438. The number of aromatic nitrogens is 2. The average molecular weight is 621 g/mol. The molecular formula is C32H34ClFN6O4. The van der Waals surface area contributed by atoms with Crippen molar-refractivity contribution in [1.29, 1.82) is 5.26 Å². The van der Waals surface area contributed by atoms with Gasteiger partial charge in [-0.2, -0.15) is 15.2 Å². The summed E-state index contributed by atoms with van der Waals surface area (Å²) < 4.78 is 32.3. The lowest BCUT2D eigenvalue weighted by Gasteiger charge is -2.42. The number of carbonyl (C=O) groups excluding carboxylic acids is 1. The number of carbonyl (C=O) groups is 1. The predicted molar refractivity (Wildman–Crippen MR) is 163 cm³/mol. The first-order chi connectivity index (χ1) is 21.3. The number of likely N-dealkylation sites (N-methyl/N-ethyl adjacent to an activating group) is 1. The van der Waals surface area contributed by atoms with Gasteiger partial charge in [-0.3, -0.25) is 9.69 Å². The summed E-state index contributed by atoms with van der Waals surface area (Å²) in [6.45, 7) is 5.66. The summed E-state index contributed by atoms with van der Waals surface area (Å²) in [5.74, 6) is -1.22. The van der Waals surface area contributed by atoms with Crippen molar-refractivity contribution in [3.63, 3.8) is 0 Å². The van der Waals surface area contributed by atoms with E-state index in [0.29, 0.717) is 30.4 Å². The van der Waals surface area contributed by atoms with Gasteiger partial charge in [0.1, 0.15) is 18.0 Å². The molecule has 1 aromatic heterocycles. The number of likely N-dealkylation sites (tertiary alicyclic amines) is 1. The van der Waals surface area contributed by atoms with E-state index in [1.807, 2.05) is 48.3 Å².